The van der Waals surface area contributed by atoms with Gasteiger partial charge >= 0.3 is 0 Å². The molecule has 0 aliphatic rings. The van der Waals surface area contributed by atoms with Crippen molar-refractivity contribution in [3.8, 4) is 0 Å². The van der Waals surface area contributed by atoms with Gasteiger partial charge in [0.25, 0.3) is 0 Å². The van der Waals surface area contributed by atoms with E-state index in [1.807, 2.05) is 30.3 Å². The highest BCUT2D eigenvalue weighted by Crippen LogP contribution is 2.25. The summed E-state index contributed by atoms with van der Waals surface area (Å²) in [4.78, 5) is 26.9. The number of likely N-dealkylation sites (N-methyl/N-ethyl adjacent to an activating group) is 1. The molecule has 0 heterocycles. The molecule has 0 bridgehead atoms. The van der Waals surface area contributed by atoms with Crippen molar-refractivity contribution in [3.05, 3.63) is 64.7 Å². The van der Waals surface area contributed by atoms with Crippen LogP contribution in [0.3, 0.4) is 0 Å². The Labute approximate surface area is 189 Å². The summed E-state index contributed by atoms with van der Waals surface area (Å²) in [5, 5.41) is 2.95. The Morgan fingerprint density at radius 1 is 1.13 bits per heavy atom. The lowest BCUT2D eigenvalue weighted by Gasteiger charge is -2.31. The predicted molar refractivity (Wildman–Crippen MR) is 124 cm³/mol. The highest BCUT2D eigenvalue weighted by atomic mass is 35.5. The van der Waals surface area contributed by atoms with Gasteiger partial charge in [0.05, 0.1) is 11.9 Å². The third kappa shape index (κ3) is 6.70. The van der Waals surface area contributed by atoms with Crippen LogP contribution < -0.4 is 9.62 Å². The van der Waals surface area contributed by atoms with Crippen LogP contribution in [0.1, 0.15) is 18.1 Å². The summed E-state index contributed by atoms with van der Waals surface area (Å²) in [7, 11) is -2.27. The fourth-order valence-corrected chi connectivity index (χ4v) is 4.15. The second-order valence-corrected chi connectivity index (χ2v) is 9.63. The molecule has 2 aromatic carbocycles. The monoisotopic (exact) mass is 465 g/mol. The summed E-state index contributed by atoms with van der Waals surface area (Å²) >= 11 is 6.17. The van der Waals surface area contributed by atoms with Gasteiger partial charge in [-0.05, 0) is 43.5 Å². The van der Waals surface area contributed by atoms with E-state index < -0.39 is 28.5 Å². The molecular formula is C22H28ClN3O4S. The van der Waals surface area contributed by atoms with E-state index in [1.165, 1.54) is 18.0 Å². The van der Waals surface area contributed by atoms with E-state index in [4.69, 9.17) is 11.6 Å². The SMILES string of the molecule is CNC(=O)[C@@H](C)N(CCc1ccccc1)C(=O)CN(c1ccc(C)c(Cl)c1)S(C)(=O)=O. The van der Waals surface area contributed by atoms with Crippen molar-refractivity contribution >= 4 is 39.1 Å². The first-order valence-corrected chi connectivity index (χ1v) is 12.1. The van der Waals surface area contributed by atoms with Crippen LogP contribution >= 0.6 is 11.6 Å². The van der Waals surface area contributed by atoms with Crippen LogP contribution in [0.5, 0.6) is 0 Å². The first-order chi connectivity index (χ1) is 14.5. The number of nitrogens with one attached hydrogen (secondary N) is 1. The van der Waals surface area contributed by atoms with Gasteiger partial charge in [0.2, 0.25) is 21.8 Å². The zero-order chi connectivity index (χ0) is 23.2. The molecule has 0 spiro atoms. The van der Waals surface area contributed by atoms with Gasteiger partial charge in [0.15, 0.2) is 0 Å². The second kappa shape index (κ2) is 10.6. The zero-order valence-corrected chi connectivity index (χ0v) is 19.7. The summed E-state index contributed by atoms with van der Waals surface area (Å²) in [6.45, 7) is 3.26. The van der Waals surface area contributed by atoms with Crippen molar-refractivity contribution < 1.29 is 18.0 Å². The van der Waals surface area contributed by atoms with Gasteiger partial charge in [-0.3, -0.25) is 13.9 Å². The van der Waals surface area contributed by atoms with Gasteiger partial charge in [-0.1, -0.05) is 48.0 Å². The molecule has 2 amide bonds. The Morgan fingerprint density at radius 3 is 2.32 bits per heavy atom. The minimum atomic E-state index is -3.77. The Morgan fingerprint density at radius 2 is 1.77 bits per heavy atom. The fraction of sp³-hybridized carbons (Fsp3) is 0.364. The summed E-state index contributed by atoms with van der Waals surface area (Å²) in [6.07, 6.45) is 1.56. The van der Waals surface area contributed by atoms with Crippen molar-refractivity contribution in [2.24, 2.45) is 0 Å². The van der Waals surface area contributed by atoms with Crippen LogP contribution in [-0.2, 0) is 26.0 Å². The molecule has 1 atom stereocenters. The van der Waals surface area contributed by atoms with Crippen LogP contribution in [0.4, 0.5) is 5.69 Å². The van der Waals surface area contributed by atoms with E-state index in [2.05, 4.69) is 5.32 Å². The number of hydrogen-bond acceptors (Lipinski definition) is 4. The summed E-state index contributed by atoms with van der Waals surface area (Å²) in [5.41, 5.74) is 2.10. The van der Waals surface area contributed by atoms with Crippen molar-refractivity contribution in [1.82, 2.24) is 10.2 Å². The van der Waals surface area contributed by atoms with E-state index in [9.17, 15) is 18.0 Å². The molecule has 0 saturated carbocycles. The average molecular weight is 466 g/mol. The third-order valence-electron chi connectivity index (χ3n) is 5.02. The molecule has 0 unspecified atom stereocenters. The second-order valence-electron chi connectivity index (χ2n) is 7.32. The van der Waals surface area contributed by atoms with Crippen molar-refractivity contribution in [2.75, 3.05) is 30.7 Å². The van der Waals surface area contributed by atoms with E-state index in [1.54, 1.807) is 26.0 Å². The molecule has 31 heavy (non-hydrogen) atoms. The number of amides is 2. The average Bonchev–Trinajstić information content (AvgIpc) is 2.73. The number of aryl methyl sites for hydroxylation is 1. The lowest BCUT2D eigenvalue weighted by molar-refractivity contribution is -0.138. The molecule has 0 fully saturated rings. The first-order valence-electron chi connectivity index (χ1n) is 9.83. The molecule has 0 aliphatic carbocycles. The number of nitrogens with zero attached hydrogens (tertiary/aromatic N) is 2. The van der Waals surface area contributed by atoms with Crippen molar-refractivity contribution in [1.29, 1.82) is 0 Å². The number of carbonyl (C=O) groups is 2. The molecule has 168 valence electrons. The molecule has 2 aromatic rings. The number of sulfonamides is 1. The standard InChI is InChI=1S/C22H28ClN3O4S/c1-16-10-11-19(14-20(16)23)26(31(4,29)30)15-21(27)25(17(2)22(28)24-3)13-12-18-8-6-5-7-9-18/h5-11,14,17H,12-13,15H2,1-4H3,(H,24,28)/t17-/m1/s1. The van der Waals surface area contributed by atoms with Gasteiger partial charge < -0.3 is 10.2 Å². The van der Waals surface area contributed by atoms with Crippen LogP contribution in [0, 0.1) is 6.92 Å². The number of hydrogen-bond donors (Lipinski definition) is 1. The fourth-order valence-electron chi connectivity index (χ4n) is 3.13. The van der Waals surface area contributed by atoms with Gasteiger partial charge in [0.1, 0.15) is 12.6 Å². The van der Waals surface area contributed by atoms with Crippen LogP contribution in [0.2, 0.25) is 5.02 Å². The predicted octanol–water partition coefficient (Wildman–Crippen LogP) is 2.62. The number of anilines is 1. The normalized spacial score (nSPS) is 12.2. The Balaban J connectivity index is 2.31. The van der Waals surface area contributed by atoms with E-state index >= 15 is 0 Å². The largest absolute Gasteiger partial charge is 0.357 e. The maximum absolute atomic E-state index is 13.2. The van der Waals surface area contributed by atoms with Crippen LogP contribution in [-0.4, -0.2) is 57.6 Å². The molecule has 0 aliphatic heterocycles. The molecule has 0 aromatic heterocycles. The molecule has 7 nitrogen and oxygen atoms in total. The number of carbonyl (C=O) groups excluding carboxylic acids is 2. The smallest absolute Gasteiger partial charge is 0.244 e. The summed E-state index contributed by atoms with van der Waals surface area (Å²) < 4.78 is 25.9. The van der Waals surface area contributed by atoms with Crippen LogP contribution in [0.25, 0.3) is 0 Å². The number of benzene rings is 2. The number of rotatable bonds is 9. The molecule has 2 rings (SSSR count). The third-order valence-corrected chi connectivity index (χ3v) is 6.57. The topological polar surface area (TPSA) is 86.8 Å². The molecule has 9 heteroatoms. The highest BCUT2D eigenvalue weighted by molar-refractivity contribution is 7.92. The lowest BCUT2D eigenvalue weighted by Crippen LogP contribution is -2.51. The number of halogens is 1. The van der Waals surface area contributed by atoms with Gasteiger partial charge in [0, 0.05) is 18.6 Å². The summed E-state index contributed by atoms with van der Waals surface area (Å²) in [5.74, 6) is -0.806. The maximum atomic E-state index is 13.2. The first kappa shape index (κ1) is 24.7. The van der Waals surface area contributed by atoms with Crippen molar-refractivity contribution in [3.63, 3.8) is 0 Å². The molecule has 0 radical (unpaired) electrons. The highest BCUT2D eigenvalue weighted by Gasteiger charge is 2.29. The molecule has 1 N–H and O–H groups in total. The summed E-state index contributed by atoms with van der Waals surface area (Å²) in [6, 6.07) is 13.6. The lowest BCUT2D eigenvalue weighted by atomic mass is 10.1. The van der Waals surface area contributed by atoms with Crippen LogP contribution in [0.15, 0.2) is 48.5 Å². The minimum absolute atomic E-state index is 0.268. The van der Waals surface area contributed by atoms with Gasteiger partial charge in [-0.15, -0.1) is 0 Å². The minimum Gasteiger partial charge on any atom is -0.357 e. The Hall–Kier alpha value is -2.58. The van der Waals surface area contributed by atoms with E-state index in [0.29, 0.717) is 17.1 Å². The maximum Gasteiger partial charge on any atom is 0.244 e. The Kier molecular flexibility index (Phi) is 8.47. The van der Waals surface area contributed by atoms with Gasteiger partial charge in [-0.25, -0.2) is 8.42 Å². The zero-order valence-electron chi connectivity index (χ0n) is 18.1. The van der Waals surface area contributed by atoms with E-state index in [-0.39, 0.29) is 12.5 Å². The Bertz CT molecular complexity index is 1030. The quantitative estimate of drug-likeness (QED) is 0.616. The van der Waals surface area contributed by atoms with E-state index in [0.717, 1.165) is 21.7 Å². The van der Waals surface area contributed by atoms with Crippen molar-refractivity contribution in [2.45, 2.75) is 26.3 Å². The molecule has 0 saturated heterocycles. The van der Waals surface area contributed by atoms with Gasteiger partial charge in [-0.2, -0.15) is 0 Å². The molecular weight excluding hydrogens is 438 g/mol.